The molecular formula is C18H16N2O. The van der Waals surface area contributed by atoms with Crippen LogP contribution < -0.4 is 10.5 Å². The number of hydrogen-bond donors (Lipinski definition) is 2. The minimum Gasteiger partial charge on any atom is -0.457 e. The first-order chi connectivity index (χ1) is 10.1. The molecule has 3 aromatic rings. The van der Waals surface area contributed by atoms with Gasteiger partial charge in [0, 0.05) is 0 Å². The maximum Gasteiger partial charge on any atom is 0.138 e. The summed E-state index contributed by atoms with van der Waals surface area (Å²) >= 11 is 0. The summed E-state index contributed by atoms with van der Waals surface area (Å²) in [6.45, 7) is 1.98. The van der Waals surface area contributed by atoms with Crippen LogP contribution in [0.1, 0.15) is 11.1 Å². The van der Waals surface area contributed by atoms with Crippen molar-refractivity contribution in [2.75, 3.05) is 0 Å². The van der Waals surface area contributed by atoms with E-state index in [0.29, 0.717) is 11.3 Å². The summed E-state index contributed by atoms with van der Waals surface area (Å²) in [7, 11) is 0. The summed E-state index contributed by atoms with van der Waals surface area (Å²) in [6, 6.07) is 19.7. The summed E-state index contributed by atoms with van der Waals surface area (Å²) in [4.78, 5) is 0. The fourth-order valence-corrected chi connectivity index (χ4v) is 2.29. The fourth-order valence-electron chi connectivity index (χ4n) is 2.29. The largest absolute Gasteiger partial charge is 0.457 e. The Morgan fingerprint density at radius 1 is 0.952 bits per heavy atom. The van der Waals surface area contributed by atoms with Crippen molar-refractivity contribution >= 4 is 16.6 Å². The highest BCUT2D eigenvalue weighted by atomic mass is 16.5. The van der Waals surface area contributed by atoms with E-state index < -0.39 is 0 Å². The van der Waals surface area contributed by atoms with Crippen molar-refractivity contribution in [3.8, 4) is 11.5 Å². The highest BCUT2D eigenvalue weighted by Crippen LogP contribution is 2.28. The SMILES string of the molecule is Cc1ccc(C(=N)N)c(Oc2ccc3ccccc3c2)c1. The van der Waals surface area contributed by atoms with E-state index >= 15 is 0 Å². The molecule has 0 saturated heterocycles. The molecule has 0 aliphatic rings. The first kappa shape index (κ1) is 13.2. The molecule has 0 aliphatic heterocycles. The lowest BCUT2D eigenvalue weighted by Crippen LogP contribution is -2.12. The number of benzene rings is 3. The lowest BCUT2D eigenvalue weighted by Gasteiger charge is -2.12. The maximum atomic E-state index is 7.64. The Labute approximate surface area is 123 Å². The smallest absolute Gasteiger partial charge is 0.138 e. The zero-order valence-electron chi connectivity index (χ0n) is 11.8. The lowest BCUT2D eigenvalue weighted by atomic mass is 10.1. The summed E-state index contributed by atoms with van der Waals surface area (Å²) in [5.74, 6) is 1.35. The Morgan fingerprint density at radius 2 is 1.71 bits per heavy atom. The third kappa shape index (κ3) is 2.72. The number of nitrogens with two attached hydrogens (primary N) is 1. The normalized spacial score (nSPS) is 10.5. The molecule has 3 rings (SSSR count). The van der Waals surface area contributed by atoms with Gasteiger partial charge in [-0.2, -0.15) is 0 Å². The van der Waals surface area contributed by atoms with E-state index in [1.165, 1.54) is 5.39 Å². The Morgan fingerprint density at radius 3 is 2.48 bits per heavy atom. The molecule has 3 N–H and O–H groups in total. The molecule has 0 bridgehead atoms. The molecule has 104 valence electrons. The summed E-state index contributed by atoms with van der Waals surface area (Å²) < 4.78 is 5.94. The van der Waals surface area contributed by atoms with E-state index in [2.05, 4.69) is 6.07 Å². The third-order valence-electron chi connectivity index (χ3n) is 3.38. The average Bonchev–Trinajstić information content (AvgIpc) is 2.47. The number of hydrogen-bond acceptors (Lipinski definition) is 2. The van der Waals surface area contributed by atoms with E-state index in [1.807, 2.05) is 61.5 Å². The van der Waals surface area contributed by atoms with Gasteiger partial charge in [0.1, 0.15) is 17.3 Å². The Bertz CT molecular complexity index is 824. The van der Waals surface area contributed by atoms with Gasteiger partial charge in [-0.15, -0.1) is 0 Å². The molecule has 3 aromatic carbocycles. The van der Waals surface area contributed by atoms with Gasteiger partial charge in [-0.05, 0) is 47.5 Å². The van der Waals surface area contributed by atoms with Crippen LogP contribution in [-0.4, -0.2) is 5.84 Å². The molecule has 0 fully saturated rings. The van der Waals surface area contributed by atoms with Crippen LogP contribution in [0.3, 0.4) is 0 Å². The molecule has 0 amide bonds. The van der Waals surface area contributed by atoms with Crippen LogP contribution in [-0.2, 0) is 0 Å². The number of nitrogen functional groups attached to an aromatic ring is 1. The van der Waals surface area contributed by atoms with Gasteiger partial charge >= 0.3 is 0 Å². The van der Waals surface area contributed by atoms with Crippen molar-refractivity contribution in [1.82, 2.24) is 0 Å². The van der Waals surface area contributed by atoms with Gasteiger partial charge in [-0.25, -0.2) is 0 Å². The van der Waals surface area contributed by atoms with Gasteiger partial charge in [-0.1, -0.05) is 36.4 Å². The van der Waals surface area contributed by atoms with Crippen LogP contribution in [0, 0.1) is 12.3 Å². The van der Waals surface area contributed by atoms with E-state index in [4.69, 9.17) is 15.9 Å². The second kappa shape index (κ2) is 5.29. The van der Waals surface area contributed by atoms with E-state index in [0.717, 1.165) is 16.7 Å². The average molecular weight is 276 g/mol. The quantitative estimate of drug-likeness (QED) is 0.555. The molecule has 0 unspecified atom stereocenters. The Kier molecular flexibility index (Phi) is 3.32. The van der Waals surface area contributed by atoms with Crippen LogP contribution in [0.5, 0.6) is 11.5 Å². The fraction of sp³-hybridized carbons (Fsp3) is 0.0556. The third-order valence-corrected chi connectivity index (χ3v) is 3.38. The standard InChI is InChI=1S/C18H16N2O/c1-12-6-9-16(18(19)20)17(10-12)21-15-8-7-13-4-2-3-5-14(13)11-15/h2-11H,1H3,(H3,19,20). The lowest BCUT2D eigenvalue weighted by molar-refractivity contribution is 0.482. The molecule has 3 heteroatoms. The van der Waals surface area contributed by atoms with Gasteiger partial charge < -0.3 is 10.5 Å². The second-order valence-electron chi connectivity index (χ2n) is 5.02. The molecular weight excluding hydrogens is 260 g/mol. The molecule has 0 aliphatic carbocycles. The van der Waals surface area contributed by atoms with Crippen molar-refractivity contribution < 1.29 is 4.74 Å². The summed E-state index contributed by atoms with van der Waals surface area (Å²) in [5, 5.41) is 9.93. The highest BCUT2D eigenvalue weighted by molar-refractivity contribution is 5.97. The molecule has 0 spiro atoms. The van der Waals surface area contributed by atoms with Crippen molar-refractivity contribution in [3.63, 3.8) is 0 Å². The van der Waals surface area contributed by atoms with Crippen LogP contribution in [0.25, 0.3) is 10.8 Å². The predicted molar refractivity (Wildman–Crippen MR) is 86.2 cm³/mol. The minimum atomic E-state index is 0.00536. The Hall–Kier alpha value is -2.81. The van der Waals surface area contributed by atoms with Crippen LogP contribution >= 0.6 is 0 Å². The molecule has 3 nitrogen and oxygen atoms in total. The summed E-state index contributed by atoms with van der Waals surface area (Å²) in [6.07, 6.45) is 0. The first-order valence-corrected chi connectivity index (χ1v) is 6.75. The van der Waals surface area contributed by atoms with E-state index in [-0.39, 0.29) is 5.84 Å². The van der Waals surface area contributed by atoms with Crippen molar-refractivity contribution in [1.29, 1.82) is 5.41 Å². The molecule has 0 heterocycles. The van der Waals surface area contributed by atoms with E-state index in [1.54, 1.807) is 0 Å². The second-order valence-corrected chi connectivity index (χ2v) is 5.02. The first-order valence-electron chi connectivity index (χ1n) is 6.75. The van der Waals surface area contributed by atoms with Gasteiger partial charge in [0.05, 0.1) is 5.56 Å². The van der Waals surface area contributed by atoms with Crippen molar-refractivity contribution in [3.05, 3.63) is 71.8 Å². The van der Waals surface area contributed by atoms with E-state index in [9.17, 15) is 0 Å². The van der Waals surface area contributed by atoms with Crippen LogP contribution in [0.2, 0.25) is 0 Å². The van der Waals surface area contributed by atoms with Gasteiger partial charge in [0.2, 0.25) is 0 Å². The monoisotopic (exact) mass is 276 g/mol. The van der Waals surface area contributed by atoms with Crippen molar-refractivity contribution in [2.45, 2.75) is 6.92 Å². The minimum absolute atomic E-state index is 0.00536. The van der Waals surface area contributed by atoms with Crippen molar-refractivity contribution in [2.24, 2.45) is 5.73 Å². The number of amidine groups is 1. The zero-order chi connectivity index (χ0) is 14.8. The molecule has 0 saturated carbocycles. The highest BCUT2D eigenvalue weighted by Gasteiger charge is 2.08. The number of nitrogens with one attached hydrogen (secondary N) is 1. The van der Waals surface area contributed by atoms with Gasteiger partial charge in [-0.3, -0.25) is 5.41 Å². The number of aryl methyl sites for hydroxylation is 1. The van der Waals surface area contributed by atoms with Gasteiger partial charge in [0.25, 0.3) is 0 Å². The van der Waals surface area contributed by atoms with Crippen LogP contribution in [0.4, 0.5) is 0 Å². The molecule has 0 aromatic heterocycles. The zero-order valence-corrected chi connectivity index (χ0v) is 11.8. The summed E-state index contributed by atoms with van der Waals surface area (Å²) in [5.41, 5.74) is 7.28. The Balaban J connectivity index is 2.02. The molecule has 0 atom stereocenters. The maximum absolute atomic E-state index is 7.64. The number of rotatable bonds is 3. The number of ether oxygens (including phenoxy) is 1. The topological polar surface area (TPSA) is 59.1 Å². The van der Waals surface area contributed by atoms with Crippen LogP contribution in [0.15, 0.2) is 60.7 Å². The molecule has 21 heavy (non-hydrogen) atoms. The molecule has 0 radical (unpaired) electrons. The van der Waals surface area contributed by atoms with Gasteiger partial charge in [0.15, 0.2) is 0 Å². The number of fused-ring (bicyclic) bond motifs is 1. The predicted octanol–water partition coefficient (Wildman–Crippen LogP) is 4.22.